The second-order valence-corrected chi connectivity index (χ2v) is 6.13. The molecule has 0 saturated carbocycles. The van der Waals surface area contributed by atoms with Crippen LogP contribution in [-0.4, -0.2) is 53.4 Å². The second kappa shape index (κ2) is 7.63. The van der Waals surface area contributed by atoms with Crippen molar-refractivity contribution in [2.75, 3.05) is 25.4 Å². The van der Waals surface area contributed by atoms with E-state index in [1.165, 1.54) is 0 Å². The molecule has 1 saturated heterocycles. The highest BCUT2D eigenvalue weighted by Gasteiger charge is 2.21. The van der Waals surface area contributed by atoms with Gasteiger partial charge in [0.05, 0.1) is 12.3 Å². The zero-order chi connectivity index (χ0) is 13.5. The predicted molar refractivity (Wildman–Crippen MR) is 74.4 cm³/mol. The summed E-state index contributed by atoms with van der Waals surface area (Å²) in [4.78, 5) is 24.5. The number of primary amides is 1. The molecule has 0 atom stereocenters. The number of amides is 2. The SMILES string of the molecule is CC(C)N(CC(N)=O)C(=O)CSC1CCNCC1. The van der Waals surface area contributed by atoms with E-state index in [0.29, 0.717) is 11.0 Å². The van der Waals surface area contributed by atoms with Gasteiger partial charge in [-0.25, -0.2) is 0 Å². The van der Waals surface area contributed by atoms with Crippen molar-refractivity contribution in [1.82, 2.24) is 10.2 Å². The average molecular weight is 273 g/mol. The van der Waals surface area contributed by atoms with E-state index in [0.717, 1.165) is 25.9 Å². The molecule has 0 aromatic rings. The maximum Gasteiger partial charge on any atom is 0.237 e. The number of nitrogens with one attached hydrogen (secondary N) is 1. The lowest BCUT2D eigenvalue weighted by Gasteiger charge is -2.27. The van der Waals surface area contributed by atoms with Crippen LogP contribution in [0.1, 0.15) is 26.7 Å². The van der Waals surface area contributed by atoms with Gasteiger partial charge in [0.2, 0.25) is 11.8 Å². The molecule has 1 aliphatic heterocycles. The summed E-state index contributed by atoms with van der Waals surface area (Å²) < 4.78 is 0. The van der Waals surface area contributed by atoms with Gasteiger partial charge in [0.25, 0.3) is 0 Å². The average Bonchev–Trinajstić information content (AvgIpc) is 2.34. The predicted octanol–water partition coefficient (Wildman–Crippen LogP) is 0.194. The number of nitrogens with zero attached hydrogens (tertiary/aromatic N) is 1. The molecule has 18 heavy (non-hydrogen) atoms. The number of piperidine rings is 1. The van der Waals surface area contributed by atoms with E-state index in [2.05, 4.69) is 5.32 Å². The lowest BCUT2D eigenvalue weighted by Crippen LogP contribution is -2.44. The van der Waals surface area contributed by atoms with Crippen molar-refractivity contribution in [3.8, 4) is 0 Å². The van der Waals surface area contributed by atoms with Gasteiger partial charge in [-0.2, -0.15) is 0 Å². The molecular weight excluding hydrogens is 250 g/mol. The Morgan fingerprint density at radius 3 is 2.50 bits per heavy atom. The number of carbonyl (C=O) groups excluding carboxylic acids is 2. The lowest BCUT2D eigenvalue weighted by atomic mass is 10.2. The number of hydrogen-bond donors (Lipinski definition) is 2. The third-order valence-corrected chi connectivity index (χ3v) is 4.35. The normalized spacial score (nSPS) is 16.8. The maximum atomic E-state index is 12.0. The van der Waals surface area contributed by atoms with Crippen LogP contribution in [0.25, 0.3) is 0 Å². The van der Waals surface area contributed by atoms with Crippen LogP contribution in [0, 0.1) is 0 Å². The third-order valence-electron chi connectivity index (χ3n) is 3.00. The van der Waals surface area contributed by atoms with Crippen LogP contribution in [-0.2, 0) is 9.59 Å². The minimum atomic E-state index is -0.455. The molecule has 0 spiro atoms. The Morgan fingerprint density at radius 1 is 1.39 bits per heavy atom. The quantitative estimate of drug-likeness (QED) is 0.724. The Hall–Kier alpha value is -0.750. The molecule has 6 heteroatoms. The van der Waals surface area contributed by atoms with Gasteiger partial charge in [-0.1, -0.05) is 0 Å². The minimum Gasteiger partial charge on any atom is -0.368 e. The Kier molecular flexibility index (Phi) is 6.49. The van der Waals surface area contributed by atoms with Crippen molar-refractivity contribution >= 4 is 23.6 Å². The summed E-state index contributed by atoms with van der Waals surface area (Å²) >= 11 is 1.69. The maximum absolute atomic E-state index is 12.0. The van der Waals surface area contributed by atoms with Gasteiger partial charge >= 0.3 is 0 Å². The number of thioether (sulfide) groups is 1. The van der Waals surface area contributed by atoms with Crippen molar-refractivity contribution < 1.29 is 9.59 Å². The summed E-state index contributed by atoms with van der Waals surface area (Å²) in [6, 6.07) is 0.0126. The van der Waals surface area contributed by atoms with Gasteiger partial charge in [-0.05, 0) is 39.8 Å². The molecule has 1 rings (SSSR count). The monoisotopic (exact) mass is 273 g/mol. The molecule has 0 aliphatic carbocycles. The highest BCUT2D eigenvalue weighted by atomic mass is 32.2. The first-order valence-corrected chi connectivity index (χ1v) is 7.45. The first-order chi connectivity index (χ1) is 8.50. The van der Waals surface area contributed by atoms with E-state index in [9.17, 15) is 9.59 Å². The zero-order valence-electron chi connectivity index (χ0n) is 11.1. The van der Waals surface area contributed by atoms with E-state index in [1.54, 1.807) is 16.7 Å². The topological polar surface area (TPSA) is 75.4 Å². The highest BCUT2D eigenvalue weighted by molar-refractivity contribution is 8.00. The summed E-state index contributed by atoms with van der Waals surface area (Å²) in [6.07, 6.45) is 2.21. The van der Waals surface area contributed by atoms with Crippen LogP contribution >= 0.6 is 11.8 Å². The van der Waals surface area contributed by atoms with E-state index in [1.807, 2.05) is 13.8 Å². The van der Waals surface area contributed by atoms with Crippen molar-refractivity contribution in [1.29, 1.82) is 0 Å². The van der Waals surface area contributed by atoms with Gasteiger partial charge in [0, 0.05) is 11.3 Å². The van der Waals surface area contributed by atoms with Crippen LogP contribution in [0.4, 0.5) is 0 Å². The molecular formula is C12H23N3O2S. The van der Waals surface area contributed by atoms with Crippen LogP contribution in [0.2, 0.25) is 0 Å². The van der Waals surface area contributed by atoms with Crippen LogP contribution in [0.15, 0.2) is 0 Å². The van der Waals surface area contributed by atoms with E-state index >= 15 is 0 Å². The third kappa shape index (κ3) is 5.27. The van der Waals surface area contributed by atoms with Gasteiger partial charge in [-0.3, -0.25) is 9.59 Å². The fourth-order valence-electron chi connectivity index (χ4n) is 1.96. The number of carbonyl (C=O) groups is 2. The summed E-state index contributed by atoms with van der Waals surface area (Å²) in [6.45, 7) is 5.87. The second-order valence-electron chi connectivity index (χ2n) is 4.84. The number of hydrogen-bond acceptors (Lipinski definition) is 4. The van der Waals surface area contributed by atoms with Crippen LogP contribution in [0.5, 0.6) is 0 Å². The van der Waals surface area contributed by atoms with Gasteiger partial charge in [0.1, 0.15) is 0 Å². The van der Waals surface area contributed by atoms with Crippen molar-refractivity contribution in [3.63, 3.8) is 0 Å². The molecule has 2 amide bonds. The molecule has 3 N–H and O–H groups in total. The number of rotatable bonds is 6. The lowest BCUT2D eigenvalue weighted by molar-refractivity contribution is -0.134. The zero-order valence-corrected chi connectivity index (χ0v) is 12.0. The van der Waals surface area contributed by atoms with E-state index < -0.39 is 5.91 Å². The Morgan fingerprint density at radius 2 is 2.00 bits per heavy atom. The van der Waals surface area contributed by atoms with Gasteiger partial charge in [0.15, 0.2) is 0 Å². The largest absolute Gasteiger partial charge is 0.368 e. The fraction of sp³-hybridized carbons (Fsp3) is 0.833. The molecule has 0 unspecified atom stereocenters. The first-order valence-electron chi connectivity index (χ1n) is 6.40. The first kappa shape index (κ1) is 15.3. The molecule has 0 aromatic heterocycles. The Labute approximate surface area is 113 Å². The standard InChI is InChI=1S/C12H23N3O2S/c1-9(2)15(7-11(13)16)12(17)8-18-10-3-5-14-6-4-10/h9-10,14H,3-8H2,1-2H3,(H2,13,16). The molecule has 1 aliphatic rings. The molecule has 104 valence electrons. The van der Waals surface area contributed by atoms with Crippen LogP contribution < -0.4 is 11.1 Å². The Balaban J connectivity index is 2.38. The summed E-state index contributed by atoms with van der Waals surface area (Å²) in [5.74, 6) is -0.00732. The molecule has 1 fully saturated rings. The summed E-state index contributed by atoms with van der Waals surface area (Å²) in [7, 11) is 0. The number of nitrogens with two attached hydrogens (primary N) is 1. The van der Waals surface area contributed by atoms with Crippen molar-refractivity contribution in [2.45, 2.75) is 38.0 Å². The van der Waals surface area contributed by atoms with Gasteiger partial charge in [-0.15, -0.1) is 11.8 Å². The molecule has 0 aromatic carbocycles. The summed E-state index contributed by atoms with van der Waals surface area (Å²) in [5, 5.41) is 3.85. The smallest absolute Gasteiger partial charge is 0.237 e. The van der Waals surface area contributed by atoms with Crippen molar-refractivity contribution in [3.05, 3.63) is 0 Å². The van der Waals surface area contributed by atoms with E-state index in [-0.39, 0.29) is 18.5 Å². The fourth-order valence-corrected chi connectivity index (χ4v) is 3.07. The molecule has 0 radical (unpaired) electrons. The minimum absolute atomic E-state index is 0.00679. The molecule has 5 nitrogen and oxygen atoms in total. The van der Waals surface area contributed by atoms with E-state index in [4.69, 9.17) is 5.73 Å². The molecule has 1 heterocycles. The Bertz CT molecular complexity index is 291. The van der Waals surface area contributed by atoms with Crippen LogP contribution in [0.3, 0.4) is 0 Å². The molecule has 0 bridgehead atoms. The van der Waals surface area contributed by atoms with Crippen molar-refractivity contribution in [2.24, 2.45) is 5.73 Å². The highest BCUT2D eigenvalue weighted by Crippen LogP contribution is 2.20. The summed E-state index contributed by atoms with van der Waals surface area (Å²) in [5.41, 5.74) is 5.16. The van der Waals surface area contributed by atoms with Gasteiger partial charge < -0.3 is 16.0 Å².